The minimum absolute atomic E-state index is 0.109. The molecule has 2 amide bonds. The van der Waals surface area contributed by atoms with Gasteiger partial charge in [-0.1, -0.05) is 12.1 Å². The molecule has 1 aromatic carbocycles. The van der Waals surface area contributed by atoms with Crippen LogP contribution in [0.5, 0.6) is 0 Å². The molecule has 0 atom stereocenters. The summed E-state index contributed by atoms with van der Waals surface area (Å²) in [6.07, 6.45) is 5.70. The number of amides is 2. The van der Waals surface area contributed by atoms with Crippen molar-refractivity contribution in [3.8, 4) is 0 Å². The summed E-state index contributed by atoms with van der Waals surface area (Å²) in [5.41, 5.74) is 3.96. The van der Waals surface area contributed by atoms with Crippen LogP contribution in [-0.2, 0) is 9.59 Å². The smallest absolute Gasteiger partial charge is 0.225 e. The van der Waals surface area contributed by atoms with Crippen molar-refractivity contribution < 1.29 is 9.59 Å². The molecule has 2 saturated carbocycles. The van der Waals surface area contributed by atoms with Gasteiger partial charge in [0, 0.05) is 49.7 Å². The minimum Gasteiger partial charge on any atom is -0.368 e. The fourth-order valence-corrected chi connectivity index (χ4v) is 4.65. The molecule has 3 fully saturated rings. The fourth-order valence-electron chi connectivity index (χ4n) is 4.65. The van der Waals surface area contributed by atoms with Crippen molar-refractivity contribution in [2.45, 2.75) is 58.4 Å². The van der Waals surface area contributed by atoms with Crippen LogP contribution in [0.3, 0.4) is 0 Å². The zero-order valence-corrected chi connectivity index (χ0v) is 17.2. The van der Waals surface area contributed by atoms with Crippen molar-refractivity contribution in [3.63, 3.8) is 0 Å². The zero-order valence-electron chi connectivity index (χ0n) is 17.2. The third kappa shape index (κ3) is 4.18. The lowest BCUT2D eigenvalue weighted by Gasteiger charge is -2.39. The van der Waals surface area contributed by atoms with E-state index in [-0.39, 0.29) is 17.7 Å². The molecule has 1 aromatic rings. The van der Waals surface area contributed by atoms with Crippen LogP contribution in [0.15, 0.2) is 18.2 Å². The summed E-state index contributed by atoms with van der Waals surface area (Å²) in [4.78, 5) is 29.7. The van der Waals surface area contributed by atoms with Gasteiger partial charge in [-0.25, -0.2) is 0 Å². The molecular formula is C23H33N3O2. The average molecular weight is 384 g/mol. The molecule has 3 aliphatic rings. The number of rotatable bonds is 4. The molecule has 152 valence electrons. The number of piperazine rings is 1. The average Bonchev–Trinajstić information content (AvgIpc) is 3.54. The summed E-state index contributed by atoms with van der Waals surface area (Å²) in [6.45, 7) is 7.73. The van der Waals surface area contributed by atoms with Crippen molar-refractivity contribution in [2.75, 3.05) is 31.1 Å². The number of hydrogen-bond acceptors (Lipinski definition) is 3. The number of benzene rings is 1. The molecule has 4 rings (SSSR count). The second-order valence-corrected chi connectivity index (χ2v) is 8.86. The monoisotopic (exact) mass is 383 g/mol. The van der Waals surface area contributed by atoms with Gasteiger partial charge in [-0.2, -0.15) is 0 Å². The van der Waals surface area contributed by atoms with E-state index in [1.54, 1.807) is 0 Å². The van der Waals surface area contributed by atoms with E-state index < -0.39 is 0 Å². The minimum atomic E-state index is 0.109. The molecule has 28 heavy (non-hydrogen) atoms. The number of nitrogens with one attached hydrogen (secondary N) is 1. The maximum absolute atomic E-state index is 13.0. The lowest BCUT2D eigenvalue weighted by atomic mass is 9.80. The molecule has 5 heteroatoms. The Kier molecular flexibility index (Phi) is 5.61. The van der Waals surface area contributed by atoms with Gasteiger partial charge in [0.2, 0.25) is 11.8 Å². The fraction of sp³-hybridized carbons (Fsp3) is 0.652. The first-order chi connectivity index (χ1) is 13.5. The van der Waals surface area contributed by atoms with E-state index in [1.165, 1.54) is 16.8 Å². The predicted octanol–water partition coefficient (Wildman–Crippen LogP) is 3.04. The summed E-state index contributed by atoms with van der Waals surface area (Å²) < 4.78 is 0. The summed E-state index contributed by atoms with van der Waals surface area (Å²) in [5, 5.41) is 3.12. The molecule has 1 N–H and O–H groups in total. The van der Waals surface area contributed by atoms with Gasteiger partial charge >= 0.3 is 0 Å². The molecule has 0 radical (unpaired) electrons. The van der Waals surface area contributed by atoms with Gasteiger partial charge < -0.3 is 15.1 Å². The van der Waals surface area contributed by atoms with Crippen LogP contribution in [-0.4, -0.2) is 48.9 Å². The molecule has 1 saturated heterocycles. The topological polar surface area (TPSA) is 52.7 Å². The number of anilines is 1. The Balaban J connectivity index is 1.26. The summed E-state index contributed by atoms with van der Waals surface area (Å²) in [6, 6.07) is 6.89. The van der Waals surface area contributed by atoms with Crippen molar-refractivity contribution >= 4 is 17.5 Å². The van der Waals surface area contributed by atoms with E-state index in [4.69, 9.17) is 0 Å². The van der Waals surface area contributed by atoms with Gasteiger partial charge in [-0.3, -0.25) is 9.59 Å². The highest BCUT2D eigenvalue weighted by molar-refractivity contribution is 5.81. The Bertz CT molecular complexity index is 727. The van der Waals surface area contributed by atoms with E-state index in [2.05, 4.69) is 47.2 Å². The molecular weight excluding hydrogens is 350 g/mol. The SMILES string of the molecule is Cc1cccc(N2CCN(C(=O)C3CCC(C(=O)NC4CC4)CC3)CC2)c1C. The Morgan fingerprint density at radius 3 is 2.18 bits per heavy atom. The molecule has 1 heterocycles. The van der Waals surface area contributed by atoms with Gasteiger partial charge in [0.05, 0.1) is 0 Å². The molecule has 0 spiro atoms. The Morgan fingerprint density at radius 1 is 0.893 bits per heavy atom. The normalized spacial score (nSPS) is 25.5. The summed E-state index contributed by atoms with van der Waals surface area (Å²) in [5.74, 6) is 0.750. The van der Waals surface area contributed by atoms with Gasteiger partial charge in [-0.05, 0) is 69.6 Å². The number of nitrogens with zero attached hydrogens (tertiary/aromatic N) is 2. The molecule has 2 aliphatic carbocycles. The van der Waals surface area contributed by atoms with Crippen LogP contribution in [0.25, 0.3) is 0 Å². The van der Waals surface area contributed by atoms with Crippen molar-refractivity contribution in [1.82, 2.24) is 10.2 Å². The van der Waals surface area contributed by atoms with Crippen LogP contribution in [0.4, 0.5) is 5.69 Å². The highest BCUT2D eigenvalue weighted by Crippen LogP contribution is 2.32. The van der Waals surface area contributed by atoms with E-state index in [0.29, 0.717) is 11.9 Å². The third-order valence-electron chi connectivity index (χ3n) is 6.88. The van der Waals surface area contributed by atoms with Crippen LogP contribution in [0.2, 0.25) is 0 Å². The van der Waals surface area contributed by atoms with Gasteiger partial charge in [0.1, 0.15) is 0 Å². The first-order valence-electron chi connectivity index (χ1n) is 10.9. The molecule has 0 unspecified atom stereocenters. The van der Waals surface area contributed by atoms with Gasteiger partial charge in [0.15, 0.2) is 0 Å². The van der Waals surface area contributed by atoms with Gasteiger partial charge in [0.25, 0.3) is 0 Å². The van der Waals surface area contributed by atoms with Gasteiger partial charge in [-0.15, -0.1) is 0 Å². The zero-order chi connectivity index (χ0) is 19.7. The van der Waals surface area contributed by atoms with Crippen LogP contribution < -0.4 is 10.2 Å². The molecule has 0 bridgehead atoms. The molecule has 5 nitrogen and oxygen atoms in total. The Labute approximate surface area is 168 Å². The van der Waals surface area contributed by atoms with Crippen molar-refractivity contribution in [2.24, 2.45) is 11.8 Å². The van der Waals surface area contributed by atoms with Crippen molar-refractivity contribution in [3.05, 3.63) is 29.3 Å². The lowest BCUT2D eigenvalue weighted by Crippen LogP contribution is -2.51. The Morgan fingerprint density at radius 2 is 1.54 bits per heavy atom. The second kappa shape index (κ2) is 8.14. The summed E-state index contributed by atoms with van der Waals surface area (Å²) >= 11 is 0. The number of carbonyl (C=O) groups is 2. The quantitative estimate of drug-likeness (QED) is 0.869. The standard InChI is InChI=1S/C23H33N3O2/c1-16-4-3-5-21(17(16)2)25-12-14-26(15-13-25)23(28)19-8-6-18(7-9-19)22(27)24-20-10-11-20/h3-5,18-20H,6-15H2,1-2H3,(H,24,27). The lowest BCUT2D eigenvalue weighted by molar-refractivity contribution is -0.138. The molecule has 0 aromatic heterocycles. The van der Waals surface area contributed by atoms with E-state index in [9.17, 15) is 9.59 Å². The maximum Gasteiger partial charge on any atom is 0.225 e. The second-order valence-electron chi connectivity index (χ2n) is 8.86. The highest BCUT2D eigenvalue weighted by atomic mass is 16.2. The maximum atomic E-state index is 13.0. The van der Waals surface area contributed by atoms with E-state index >= 15 is 0 Å². The number of aryl methyl sites for hydroxylation is 1. The largest absolute Gasteiger partial charge is 0.368 e. The number of hydrogen-bond donors (Lipinski definition) is 1. The van der Waals surface area contributed by atoms with Crippen LogP contribution >= 0.6 is 0 Å². The molecule has 1 aliphatic heterocycles. The number of carbonyl (C=O) groups excluding carboxylic acids is 2. The Hall–Kier alpha value is -2.04. The summed E-state index contributed by atoms with van der Waals surface area (Å²) in [7, 11) is 0. The van der Waals surface area contributed by atoms with E-state index in [0.717, 1.165) is 64.7 Å². The predicted molar refractivity (Wildman–Crippen MR) is 111 cm³/mol. The first-order valence-corrected chi connectivity index (χ1v) is 10.9. The first kappa shape index (κ1) is 19.3. The third-order valence-corrected chi connectivity index (χ3v) is 6.88. The van der Waals surface area contributed by atoms with Crippen LogP contribution in [0.1, 0.15) is 49.7 Å². The highest BCUT2D eigenvalue weighted by Gasteiger charge is 2.34. The van der Waals surface area contributed by atoms with E-state index in [1.807, 2.05) is 0 Å². The van der Waals surface area contributed by atoms with Crippen molar-refractivity contribution in [1.29, 1.82) is 0 Å². The van der Waals surface area contributed by atoms with Crippen LogP contribution in [0, 0.1) is 25.7 Å².